The third-order valence-corrected chi connectivity index (χ3v) is 7.59. The summed E-state index contributed by atoms with van der Waals surface area (Å²) >= 11 is 0. The van der Waals surface area contributed by atoms with Gasteiger partial charge in [0.05, 0.1) is 30.6 Å². The highest BCUT2D eigenvalue weighted by Crippen LogP contribution is 2.37. The summed E-state index contributed by atoms with van der Waals surface area (Å²) in [6, 6.07) is 12.1. The number of anilines is 1. The first kappa shape index (κ1) is 26.8. The Kier molecular flexibility index (Phi) is 6.88. The van der Waals surface area contributed by atoms with Crippen LogP contribution in [0.2, 0.25) is 0 Å². The van der Waals surface area contributed by atoms with Gasteiger partial charge >= 0.3 is 6.18 Å². The Morgan fingerprint density at radius 2 is 1.93 bits per heavy atom. The number of aliphatic hydroxyl groups is 1. The molecule has 7 rings (SSSR count). The Morgan fingerprint density at radius 3 is 2.56 bits per heavy atom. The minimum absolute atomic E-state index is 0.0655. The van der Waals surface area contributed by atoms with E-state index in [9.17, 15) is 23.5 Å². The third kappa shape index (κ3) is 5.23. The molecule has 3 unspecified atom stereocenters. The summed E-state index contributed by atoms with van der Waals surface area (Å²) in [4.78, 5) is 13.7. The number of ether oxygens (including phenoxy) is 2. The standard InChI is InChI=1S/C28H26F3N7O3/c1-40-26-5-2-17(9-34-26)12-37-20-6-21(37)14-36(13-20)25-4-3-18(10-33-25)23-7-22(41-16-24(39)28(29,30)31)15-38-27(23)19(8-32)11-35-38/h2-5,7,9-11,15,20-21,24,39H,6,12-14,16H2,1H3. The van der Waals surface area contributed by atoms with Gasteiger partial charge in [0.2, 0.25) is 5.88 Å². The van der Waals surface area contributed by atoms with Crippen LogP contribution >= 0.6 is 0 Å². The number of halogens is 3. The average Bonchev–Trinajstić information content (AvgIpc) is 3.41. The van der Waals surface area contributed by atoms with Crippen LogP contribution in [0.5, 0.6) is 11.6 Å². The van der Waals surface area contributed by atoms with Gasteiger partial charge in [0.1, 0.15) is 24.2 Å². The van der Waals surface area contributed by atoms with Gasteiger partial charge in [0.15, 0.2) is 6.10 Å². The predicted molar refractivity (Wildman–Crippen MR) is 141 cm³/mol. The average molecular weight is 566 g/mol. The van der Waals surface area contributed by atoms with Crippen LogP contribution in [0.1, 0.15) is 17.5 Å². The second-order valence-corrected chi connectivity index (χ2v) is 10.2. The zero-order chi connectivity index (χ0) is 28.7. The molecule has 3 saturated heterocycles. The lowest BCUT2D eigenvalue weighted by Gasteiger charge is -2.56. The number of piperazine rings is 1. The van der Waals surface area contributed by atoms with E-state index >= 15 is 0 Å². The summed E-state index contributed by atoms with van der Waals surface area (Å²) in [6.07, 6.45) is -0.0296. The lowest BCUT2D eigenvalue weighted by Crippen LogP contribution is -2.68. The monoisotopic (exact) mass is 565 g/mol. The van der Waals surface area contributed by atoms with Crippen molar-refractivity contribution in [1.29, 1.82) is 5.26 Å². The molecule has 4 aromatic heterocycles. The fourth-order valence-corrected chi connectivity index (χ4v) is 5.45. The number of pyridine rings is 3. The van der Waals surface area contributed by atoms with Crippen molar-refractivity contribution < 1.29 is 27.8 Å². The Hall–Kier alpha value is -4.41. The highest BCUT2D eigenvalue weighted by Gasteiger charge is 2.44. The topological polar surface area (TPSA) is 112 Å². The van der Waals surface area contributed by atoms with Crippen molar-refractivity contribution in [2.75, 3.05) is 31.7 Å². The van der Waals surface area contributed by atoms with Gasteiger partial charge in [-0.3, -0.25) is 4.90 Å². The number of aliphatic hydroxyl groups excluding tert-OH is 1. The van der Waals surface area contributed by atoms with E-state index in [0.717, 1.165) is 37.4 Å². The molecule has 0 amide bonds. The molecule has 3 atom stereocenters. The van der Waals surface area contributed by atoms with Crippen LogP contribution in [0.15, 0.2) is 55.1 Å². The molecule has 0 aromatic carbocycles. The molecule has 13 heteroatoms. The number of methoxy groups -OCH3 is 1. The Labute approximate surface area is 233 Å². The van der Waals surface area contributed by atoms with Crippen molar-refractivity contribution in [1.82, 2.24) is 24.5 Å². The maximum absolute atomic E-state index is 12.8. The molecule has 2 bridgehead atoms. The van der Waals surface area contributed by atoms with Gasteiger partial charge in [-0.2, -0.15) is 23.5 Å². The molecule has 3 aliphatic heterocycles. The number of nitriles is 1. The fraction of sp³-hybridized carbons (Fsp3) is 0.357. The minimum atomic E-state index is -4.80. The van der Waals surface area contributed by atoms with Crippen LogP contribution in [-0.4, -0.2) is 80.8 Å². The summed E-state index contributed by atoms with van der Waals surface area (Å²) in [7, 11) is 1.60. The third-order valence-electron chi connectivity index (χ3n) is 7.59. The first-order valence-corrected chi connectivity index (χ1v) is 13.0. The summed E-state index contributed by atoms with van der Waals surface area (Å²) in [5, 5.41) is 23.1. The Balaban J connectivity index is 1.18. The van der Waals surface area contributed by atoms with E-state index in [4.69, 9.17) is 9.47 Å². The van der Waals surface area contributed by atoms with Crippen molar-refractivity contribution in [3.05, 3.63) is 66.2 Å². The number of fused-ring (bicyclic) bond motifs is 3. The molecule has 4 aromatic rings. The van der Waals surface area contributed by atoms with Gasteiger partial charge in [-0.15, -0.1) is 0 Å². The molecule has 1 N–H and O–H groups in total. The summed E-state index contributed by atoms with van der Waals surface area (Å²) in [5.74, 6) is 1.48. The van der Waals surface area contributed by atoms with Crippen molar-refractivity contribution in [2.24, 2.45) is 0 Å². The maximum atomic E-state index is 12.8. The zero-order valence-electron chi connectivity index (χ0n) is 22.0. The highest BCUT2D eigenvalue weighted by atomic mass is 19.4. The lowest BCUT2D eigenvalue weighted by atomic mass is 9.87. The van der Waals surface area contributed by atoms with Crippen molar-refractivity contribution >= 4 is 11.3 Å². The molecular weight excluding hydrogens is 539 g/mol. The van der Waals surface area contributed by atoms with Crippen LogP contribution in [0.3, 0.4) is 0 Å². The fourth-order valence-electron chi connectivity index (χ4n) is 5.45. The summed E-state index contributed by atoms with van der Waals surface area (Å²) in [5.41, 5.74) is 3.09. The molecule has 10 nitrogen and oxygen atoms in total. The van der Waals surface area contributed by atoms with E-state index in [1.807, 2.05) is 30.5 Å². The van der Waals surface area contributed by atoms with E-state index in [-0.39, 0.29) is 5.75 Å². The number of hydrogen-bond acceptors (Lipinski definition) is 9. The van der Waals surface area contributed by atoms with Gasteiger partial charge in [-0.25, -0.2) is 14.5 Å². The van der Waals surface area contributed by atoms with Gasteiger partial charge < -0.3 is 19.5 Å². The number of rotatable bonds is 8. The molecule has 3 aliphatic rings. The van der Waals surface area contributed by atoms with E-state index in [1.165, 1.54) is 23.0 Å². The van der Waals surface area contributed by atoms with Crippen molar-refractivity contribution in [3.63, 3.8) is 0 Å². The molecule has 0 aliphatic carbocycles. The summed E-state index contributed by atoms with van der Waals surface area (Å²) < 4.78 is 50.0. The first-order chi connectivity index (χ1) is 19.7. The summed E-state index contributed by atoms with van der Waals surface area (Å²) in [6.45, 7) is 1.53. The smallest absolute Gasteiger partial charge is 0.417 e. The SMILES string of the molecule is COc1ccc(CN2C3CC2CN(c2ccc(-c4cc(OCC(O)C(F)(F)F)cn5ncc(C#N)c45)cn2)C3)cn1. The lowest BCUT2D eigenvalue weighted by molar-refractivity contribution is -0.210. The van der Waals surface area contributed by atoms with Gasteiger partial charge in [0.25, 0.3) is 0 Å². The predicted octanol–water partition coefficient (Wildman–Crippen LogP) is 3.44. The molecular formula is C28H26F3N7O3. The number of aromatic nitrogens is 4. The van der Waals surface area contributed by atoms with E-state index < -0.39 is 18.9 Å². The minimum Gasteiger partial charge on any atom is -0.489 e. The van der Waals surface area contributed by atoms with Crippen molar-refractivity contribution in [2.45, 2.75) is 37.3 Å². The number of nitrogens with zero attached hydrogens (tertiary/aromatic N) is 7. The van der Waals surface area contributed by atoms with E-state index in [1.54, 1.807) is 13.3 Å². The normalized spacial score (nSPS) is 19.5. The molecule has 3 fully saturated rings. The Bertz CT molecular complexity index is 1570. The zero-order valence-corrected chi connectivity index (χ0v) is 22.0. The highest BCUT2D eigenvalue weighted by molar-refractivity contribution is 5.85. The molecule has 7 heterocycles. The molecule has 0 radical (unpaired) electrons. The largest absolute Gasteiger partial charge is 0.489 e. The first-order valence-electron chi connectivity index (χ1n) is 13.0. The van der Waals surface area contributed by atoms with E-state index in [0.29, 0.717) is 40.2 Å². The number of alkyl halides is 3. The number of hydrogen-bond donors (Lipinski definition) is 1. The maximum Gasteiger partial charge on any atom is 0.417 e. The van der Waals surface area contributed by atoms with Gasteiger partial charge in [0, 0.05) is 61.3 Å². The molecule has 0 saturated carbocycles. The van der Waals surface area contributed by atoms with Crippen molar-refractivity contribution in [3.8, 4) is 28.8 Å². The van der Waals surface area contributed by atoms with Crippen LogP contribution < -0.4 is 14.4 Å². The van der Waals surface area contributed by atoms with Crippen LogP contribution in [0.4, 0.5) is 19.0 Å². The van der Waals surface area contributed by atoms with Gasteiger partial charge in [-0.1, -0.05) is 6.07 Å². The van der Waals surface area contributed by atoms with Crippen LogP contribution in [-0.2, 0) is 6.54 Å². The quantitative estimate of drug-likeness (QED) is 0.343. The number of piperidine rings is 1. The van der Waals surface area contributed by atoms with Crippen LogP contribution in [0, 0.1) is 11.3 Å². The second-order valence-electron chi connectivity index (χ2n) is 10.2. The second kappa shape index (κ2) is 10.5. The molecule has 0 spiro atoms. The Morgan fingerprint density at radius 1 is 1.12 bits per heavy atom. The van der Waals surface area contributed by atoms with Gasteiger partial charge in [-0.05, 0) is 30.2 Å². The molecule has 41 heavy (non-hydrogen) atoms. The molecule has 212 valence electrons. The van der Waals surface area contributed by atoms with E-state index in [2.05, 4.69) is 30.9 Å². The van der Waals surface area contributed by atoms with Crippen LogP contribution in [0.25, 0.3) is 16.6 Å².